The smallest absolute Gasteiger partial charge is 0.397 e. The molecule has 126 valence electrons. The van der Waals surface area contributed by atoms with Gasteiger partial charge in [-0.15, -0.1) is 0 Å². The Morgan fingerprint density at radius 3 is 2.08 bits per heavy atom. The number of carbonyl (C=O) groups is 2. The molecule has 0 fully saturated rings. The molecule has 0 saturated heterocycles. The van der Waals surface area contributed by atoms with Gasteiger partial charge in [0.15, 0.2) is 0 Å². The number of halogens is 3. The molecule has 0 aliphatic carbocycles. The Morgan fingerprint density at radius 1 is 0.958 bits per heavy atom. The molecule has 0 saturated carbocycles. The molecular weight excluding hydrogens is 323 g/mol. The van der Waals surface area contributed by atoms with Crippen LogP contribution in [0.25, 0.3) is 0 Å². The number of hydrogen-bond acceptors (Lipinski definition) is 3. The molecule has 0 heterocycles. The van der Waals surface area contributed by atoms with Crippen molar-refractivity contribution in [2.45, 2.75) is 13.1 Å². The van der Waals surface area contributed by atoms with Crippen molar-refractivity contribution in [3.05, 3.63) is 53.6 Å². The van der Waals surface area contributed by atoms with Crippen LogP contribution < -0.4 is 16.4 Å². The highest BCUT2D eigenvalue weighted by Gasteiger charge is 2.30. The highest BCUT2D eigenvalue weighted by molar-refractivity contribution is 6.43. The normalized spacial score (nSPS) is 11.0. The molecule has 0 radical (unpaired) electrons. The van der Waals surface area contributed by atoms with Crippen LogP contribution in [-0.4, -0.2) is 11.8 Å². The minimum absolute atomic E-state index is 0.0695. The minimum atomic E-state index is -4.47. The van der Waals surface area contributed by atoms with Crippen molar-refractivity contribution in [2.24, 2.45) is 0 Å². The number of hydrogen-bond donors (Lipinski definition) is 3. The molecule has 0 bridgehead atoms. The van der Waals surface area contributed by atoms with Gasteiger partial charge in [0.05, 0.1) is 16.9 Å². The van der Waals surface area contributed by atoms with E-state index in [1.165, 1.54) is 0 Å². The largest absolute Gasteiger partial charge is 0.416 e. The summed E-state index contributed by atoms with van der Waals surface area (Å²) in [7, 11) is 0. The highest BCUT2D eigenvalue weighted by atomic mass is 19.4. The van der Waals surface area contributed by atoms with E-state index in [1.54, 1.807) is 18.2 Å². The zero-order chi connectivity index (χ0) is 17.9. The number of anilines is 3. The van der Waals surface area contributed by atoms with Gasteiger partial charge in [-0.3, -0.25) is 9.59 Å². The first-order valence-corrected chi connectivity index (χ1v) is 6.82. The van der Waals surface area contributed by atoms with Gasteiger partial charge in [0.2, 0.25) is 0 Å². The summed E-state index contributed by atoms with van der Waals surface area (Å²) in [6.45, 7) is 1.82. The Balaban J connectivity index is 2.02. The van der Waals surface area contributed by atoms with Crippen LogP contribution in [0.15, 0.2) is 42.5 Å². The van der Waals surface area contributed by atoms with Crippen molar-refractivity contribution >= 4 is 28.9 Å². The number of benzene rings is 2. The van der Waals surface area contributed by atoms with E-state index in [0.29, 0.717) is 5.69 Å². The first kappa shape index (κ1) is 17.3. The molecule has 0 spiro atoms. The van der Waals surface area contributed by atoms with E-state index in [-0.39, 0.29) is 11.4 Å². The summed E-state index contributed by atoms with van der Waals surface area (Å²) in [4.78, 5) is 23.6. The molecule has 0 aliphatic rings. The lowest BCUT2D eigenvalue weighted by atomic mass is 10.2. The molecule has 0 unspecified atom stereocenters. The predicted octanol–water partition coefficient (Wildman–Crippen LogP) is 3.17. The topological polar surface area (TPSA) is 84.2 Å². The standard InChI is InChI=1S/C16H14F3N3O2/c1-9-2-7-13(12(20)8-9)22-15(24)14(23)21-11-5-3-10(4-6-11)16(17,18)19/h2-8H,20H2,1H3,(H,21,23)(H,22,24). The van der Waals surface area contributed by atoms with Gasteiger partial charge in [0.25, 0.3) is 0 Å². The third kappa shape index (κ3) is 4.25. The van der Waals surface area contributed by atoms with Crippen LogP contribution in [0.1, 0.15) is 11.1 Å². The van der Waals surface area contributed by atoms with Crippen molar-refractivity contribution < 1.29 is 22.8 Å². The van der Waals surface area contributed by atoms with Gasteiger partial charge >= 0.3 is 18.0 Å². The molecule has 8 heteroatoms. The summed E-state index contributed by atoms with van der Waals surface area (Å²) >= 11 is 0. The first-order chi connectivity index (χ1) is 11.2. The fourth-order valence-electron chi connectivity index (χ4n) is 1.91. The van der Waals surface area contributed by atoms with Crippen molar-refractivity contribution in [1.29, 1.82) is 0 Å². The third-order valence-corrected chi connectivity index (χ3v) is 3.13. The van der Waals surface area contributed by atoms with E-state index in [9.17, 15) is 22.8 Å². The molecule has 0 atom stereocenters. The van der Waals surface area contributed by atoms with Crippen molar-refractivity contribution in [3.63, 3.8) is 0 Å². The van der Waals surface area contributed by atoms with Crippen LogP contribution in [0.5, 0.6) is 0 Å². The number of nitrogens with one attached hydrogen (secondary N) is 2. The lowest BCUT2D eigenvalue weighted by Gasteiger charge is -2.10. The van der Waals surface area contributed by atoms with Gasteiger partial charge in [-0.1, -0.05) is 6.07 Å². The molecule has 2 rings (SSSR count). The Labute approximate surface area is 135 Å². The predicted molar refractivity (Wildman–Crippen MR) is 84.3 cm³/mol. The molecule has 24 heavy (non-hydrogen) atoms. The number of alkyl halides is 3. The maximum absolute atomic E-state index is 12.5. The molecule has 2 aromatic carbocycles. The second kappa shape index (κ2) is 6.61. The van der Waals surface area contributed by atoms with Crippen molar-refractivity contribution in [3.8, 4) is 0 Å². The summed E-state index contributed by atoms with van der Waals surface area (Å²) in [6, 6.07) is 8.64. The number of aryl methyl sites for hydroxylation is 1. The molecule has 0 aliphatic heterocycles. The average molecular weight is 337 g/mol. The first-order valence-electron chi connectivity index (χ1n) is 6.82. The molecule has 2 amide bonds. The highest BCUT2D eigenvalue weighted by Crippen LogP contribution is 2.29. The molecule has 4 N–H and O–H groups in total. The van der Waals surface area contributed by atoms with Crippen molar-refractivity contribution in [2.75, 3.05) is 16.4 Å². The zero-order valence-corrected chi connectivity index (χ0v) is 12.6. The Kier molecular flexibility index (Phi) is 4.77. The second-order valence-electron chi connectivity index (χ2n) is 5.07. The summed E-state index contributed by atoms with van der Waals surface area (Å²) in [5.74, 6) is -2.00. The Morgan fingerprint density at radius 2 is 1.54 bits per heavy atom. The van der Waals surface area contributed by atoms with Gasteiger partial charge in [-0.2, -0.15) is 13.2 Å². The maximum Gasteiger partial charge on any atom is 0.416 e. The molecular formula is C16H14F3N3O2. The monoisotopic (exact) mass is 337 g/mol. The third-order valence-electron chi connectivity index (χ3n) is 3.13. The zero-order valence-electron chi connectivity index (χ0n) is 12.6. The lowest BCUT2D eigenvalue weighted by Crippen LogP contribution is -2.29. The van der Waals surface area contributed by atoms with Crippen LogP contribution in [-0.2, 0) is 15.8 Å². The van der Waals surface area contributed by atoms with Crippen molar-refractivity contribution in [1.82, 2.24) is 0 Å². The Hall–Kier alpha value is -3.03. The SMILES string of the molecule is Cc1ccc(NC(=O)C(=O)Nc2ccc(C(F)(F)F)cc2)c(N)c1. The molecule has 2 aromatic rings. The summed E-state index contributed by atoms with van der Waals surface area (Å²) < 4.78 is 37.4. The van der Waals surface area contributed by atoms with Crippen LogP contribution in [0.3, 0.4) is 0 Å². The van der Waals surface area contributed by atoms with Gasteiger partial charge < -0.3 is 16.4 Å². The number of amides is 2. The van der Waals surface area contributed by atoms with Gasteiger partial charge in [-0.25, -0.2) is 0 Å². The summed E-state index contributed by atoms with van der Waals surface area (Å²) in [5.41, 5.74) is 6.40. The van der Waals surface area contributed by atoms with E-state index in [0.717, 1.165) is 29.8 Å². The van der Waals surface area contributed by atoms with Crippen LogP contribution in [0.4, 0.5) is 30.2 Å². The van der Waals surface area contributed by atoms with Gasteiger partial charge in [0, 0.05) is 5.69 Å². The van der Waals surface area contributed by atoms with E-state index < -0.39 is 23.6 Å². The fraction of sp³-hybridized carbons (Fsp3) is 0.125. The lowest BCUT2D eigenvalue weighted by molar-refractivity contribution is -0.137. The minimum Gasteiger partial charge on any atom is -0.397 e. The maximum atomic E-state index is 12.5. The molecule has 0 aromatic heterocycles. The van der Waals surface area contributed by atoms with Crippen LogP contribution in [0, 0.1) is 6.92 Å². The number of carbonyl (C=O) groups excluding carboxylic acids is 2. The number of nitrogens with two attached hydrogens (primary N) is 1. The number of rotatable bonds is 2. The van der Waals surface area contributed by atoms with Gasteiger partial charge in [0.1, 0.15) is 0 Å². The summed E-state index contributed by atoms with van der Waals surface area (Å²) in [5, 5.41) is 4.55. The van der Waals surface area contributed by atoms with Gasteiger partial charge in [-0.05, 0) is 48.9 Å². The van der Waals surface area contributed by atoms with Crippen LogP contribution >= 0.6 is 0 Å². The molecule has 5 nitrogen and oxygen atoms in total. The fourth-order valence-corrected chi connectivity index (χ4v) is 1.91. The van der Waals surface area contributed by atoms with E-state index in [2.05, 4.69) is 10.6 Å². The summed E-state index contributed by atoms with van der Waals surface area (Å²) in [6.07, 6.45) is -4.47. The quantitative estimate of drug-likeness (QED) is 0.581. The second-order valence-corrected chi connectivity index (χ2v) is 5.07. The number of nitrogen functional groups attached to an aromatic ring is 1. The van der Waals surface area contributed by atoms with E-state index in [1.807, 2.05) is 6.92 Å². The Bertz CT molecular complexity index is 771. The average Bonchev–Trinajstić information content (AvgIpc) is 2.49. The van der Waals surface area contributed by atoms with E-state index in [4.69, 9.17) is 5.73 Å². The van der Waals surface area contributed by atoms with E-state index >= 15 is 0 Å². The van der Waals surface area contributed by atoms with Crippen LogP contribution in [0.2, 0.25) is 0 Å².